The molecule has 0 aromatic heterocycles. The first kappa shape index (κ1) is 12.4. The average molecular weight is 264 g/mol. The number of allylic oxidation sites excluding steroid dienone is 2. The van der Waals surface area contributed by atoms with E-state index in [1.807, 2.05) is 23.0 Å². The second kappa shape index (κ2) is 5.10. The molecule has 5 heteroatoms. The lowest BCUT2D eigenvalue weighted by molar-refractivity contribution is 0.0596. The maximum atomic E-state index is 11.7. The Labute approximate surface area is 107 Å². The highest BCUT2D eigenvalue weighted by atomic mass is 32.2. The van der Waals surface area contributed by atoms with E-state index in [2.05, 4.69) is 0 Å². The zero-order valence-corrected chi connectivity index (χ0v) is 10.6. The van der Waals surface area contributed by atoms with E-state index >= 15 is 0 Å². The van der Waals surface area contributed by atoms with E-state index in [0.29, 0.717) is 10.5 Å². The van der Waals surface area contributed by atoms with Gasteiger partial charge in [-0.3, -0.25) is 0 Å². The molecule has 2 rings (SSSR count). The molecule has 4 nitrogen and oxygen atoms in total. The van der Waals surface area contributed by atoms with E-state index in [9.17, 15) is 14.7 Å². The number of carbonyl (C=O) groups is 2. The van der Waals surface area contributed by atoms with Crippen LogP contribution in [0.1, 0.15) is 20.7 Å². The molecule has 0 atom stereocenters. The summed E-state index contributed by atoms with van der Waals surface area (Å²) in [5.74, 6) is -1.55. The van der Waals surface area contributed by atoms with Crippen molar-refractivity contribution in [2.45, 2.75) is 4.90 Å². The Kier molecular flexibility index (Phi) is 3.53. The van der Waals surface area contributed by atoms with Gasteiger partial charge in [-0.25, -0.2) is 9.59 Å². The molecule has 1 N–H and O–H groups in total. The van der Waals surface area contributed by atoms with Crippen molar-refractivity contribution in [1.82, 2.24) is 0 Å². The number of thiol groups is 1. The topological polar surface area (TPSA) is 63.6 Å². The third-order valence-electron chi connectivity index (χ3n) is 2.53. The number of hydrogen-bond acceptors (Lipinski definition) is 3. The normalized spacial score (nSPS) is 14.8. The Morgan fingerprint density at radius 3 is 2.33 bits per heavy atom. The molecule has 0 radical (unpaired) electrons. The van der Waals surface area contributed by atoms with Gasteiger partial charge in [0.05, 0.1) is 18.2 Å². The van der Waals surface area contributed by atoms with Gasteiger partial charge < -0.3 is 9.84 Å². The summed E-state index contributed by atoms with van der Waals surface area (Å²) in [5, 5.41) is 13.0. The van der Waals surface area contributed by atoms with Crippen LogP contribution in [0.3, 0.4) is 0 Å². The third-order valence-corrected chi connectivity index (χ3v) is 4.52. The number of carboxylic acid groups (broad SMARTS) is 1. The molecule has 1 aliphatic heterocycles. The first-order valence-corrected chi connectivity index (χ1v) is 6.71. The molecule has 18 heavy (non-hydrogen) atoms. The average Bonchev–Trinajstić information content (AvgIpc) is 2.90. The molecule has 0 unspecified atom stereocenters. The summed E-state index contributed by atoms with van der Waals surface area (Å²) in [6, 6.07) is 4.65. The van der Waals surface area contributed by atoms with Crippen molar-refractivity contribution >= 4 is 22.8 Å². The fourth-order valence-electron chi connectivity index (χ4n) is 1.75. The minimum absolute atomic E-state index is 0.153. The maximum Gasteiger partial charge on any atom is 0.338 e. The number of benzene rings is 1. The molecule has 0 saturated carbocycles. The van der Waals surface area contributed by atoms with Crippen molar-refractivity contribution in [1.29, 1.82) is 0 Å². The SMILES string of the molecule is COC(=O)c1cccc(C(=O)O)c1[SH]1C=CC=C1. The molecule has 1 aromatic rings. The Bertz CT molecular complexity index is 548. The lowest BCUT2D eigenvalue weighted by Gasteiger charge is -2.17. The molecule has 0 aliphatic carbocycles. The van der Waals surface area contributed by atoms with Crippen LogP contribution in [0.4, 0.5) is 0 Å². The van der Waals surface area contributed by atoms with Gasteiger partial charge in [0.2, 0.25) is 0 Å². The lowest BCUT2D eigenvalue weighted by atomic mass is 10.1. The van der Waals surface area contributed by atoms with Crippen LogP contribution < -0.4 is 0 Å². The summed E-state index contributed by atoms with van der Waals surface area (Å²) in [4.78, 5) is 23.5. The maximum absolute atomic E-state index is 11.7. The Balaban J connectivity index is 2.63. The van der Waals surface area contributed by atoms with E-state index in [0.717, 1.165) is 0 Å². The molecule has 94 valence electrons. The summed E-state index contributed by atoms with van der Waals surface area (Å²) in [5.41, 5.74) is 0.472. The van der Waals surface area contributed by atoms with Crippen molar-refractivity contribution in [2.24, 2.45) is 0 Å². The second-order valence-corrected chi connectivity index (χ2v) is 5.45. The van der Waals surface area contributed by atoms with Gasteiger partial charge in [-0.2, -0.15) is 10.9 Å². The molecule has 1 heterocycles. The molecule has 0 bridgehead atoms. The van der Waals surface area contributed by atoms with Crippen molar-refractivity contribution in [2.75, 3.05) is 7.11 Å². The first-order chi connectivity index (χ1) is 8.65. The van der Waals surface area contributed by atoms with Gasteiger partial charge in [0.25, 0.3) is 0 Å². The number of carboxylic acids is 1. The molecular formula is C13H12O4S. The van der Waals surface area contributed by atoms with E-state index in [1.54, 1.807) is 12.1 Å². The Morgan fingerprint density at radius 2 is 1.78 bits per heavy atom. The van der Waals surface area contributed by atoms with Crippen LogP contribution in [-0.4, -0.2) is 24.2 Å². The highest BCUT2D eigenvalue weighted by molar-refractivity contribution is 8.22. The van der Waals surface area contributed by atoms with Crippen molar-refractivity contribution in [3.05, 3.63) is 52.3 Å². The van der Waals surface area contributed by atoms with Crippen LogP contribution >= 0.6 is 10.9 Å². The van der Waals surface area contributed by atoms with Crippen LogP contribution in [0.15, 0.2) is 46.1 Å². The molecule has 0 saturated heterocycles. The zero-order valence-electron chi connectivity index (χ0n) is 9.66. The van der Waals surface area contributed by atoms with Gasteiger partial charge in [0, 0.05) is 4.90 Å². The van der Waals surface area contributed by atoms with E-state index in [4.69, 9.17) is 4.74 Å². The van der Waals surface area contributed by atoms with E-state index in [-0.39, 0.29) is 5.56 Å². The summed E-state index contributed by atoms with van der Waals surface area (Å²) in [6.45, 7) is 0. The lowest BCUT2D eigenvalue weighted by Crippen LogP contribution is -2.09. The Morgan fingerprint density at radius 1 is 1.17 bits per heavy atom. The minimum atomic E-state index is -1.04. The summed E-state index contributed by atoms with van der Waals surface area (Å²) >= 11 is 0. The van der Waals surface area contributed by atoms with Crippen LogP contribution in [0, 0.1) is 0 Å². The molecule has 0 spiro atoms. The molecule has 0 fully saturated rings. The predicted molar refractivity (Wildman–Crippen MR) is 70.3 cm³/mol. The van der Waals surface area contributed by atoms with Crippen molar-refractivity contribution in [3.8, 4) is 0 Å². The molecule has 0 amide bonds. The van der Waals surface area contributed by atoms with Gasteiger partial charge in [-0.05, 0) is 22.9 Å². The standard InChI is InChI=1S/C13H12O4S/c1-17-13(16)10-6-4-5-9(12(14)15)11(10)18-7-2-3-8-18/h2-8,18H,1H3,(H,14,15). The monoisotopic (exact) mass is 264 g/mol. The smallest absolute Gasteiger partial charge is 0.338 e. The van der Waals surface area contributed by atoms with Crippen molar-refractivity contribution < 1.29 is 19.4 Å². The van der Waals surface area contributed by atoms with Crippen LogP contribution in [0.5, 0.6) is 0 Å². The highest BCUT2D eigenvalue weighted by Crippen LogP contribution is 2.45. The largest absolute Gasteiger partial charge is 0.478 e. The van der Waals surface area contributed by atoms with Gasteiger partial charge in [-0.1, -0.05) is 18.2 Å². The number of hydrogen-bond donors (Lipinski definition) is 2. The third kappa shape index (κ3) is 2.17. The first-order valence-electron chi connectivity index (χ1n) is 5.23. The van der Waals surface area contributed by atoms with Crippen LogP contribution in [0.2, 0.25) is 0 Å². The van der Waals surface area contributed by atoms with Gasteiger partial charge in [0.1, 0.15) is 0 Å². The van der Waals surface area contributed by atoms with Crippen molar-refractivity contribution in [3.63, 3.8) is 0 Å². The van der Waals surface area contributed by atoms with Crippen LogP contribution in [-0.2, 0) is 4.74 Å². The second-order valence-electron chi connectivity index (χ2n) is 3.59. The van der Waals surface area contributed by atoms with Crippen LogP contribution in [0.25, 0.3) is 0 Å². The van der Waals surface area contributed by atoms with E-state index < -0.39 is 22.8 Å². The summed E-state index contributed by atoms with van der Waals surface area (Å²) < 4.78 is 4.70. The quantitative estimate of drug-likeness (QED) is 0.650. The van der Waals surface area contributed by atoms with E-state index in [1.165, 1.54) is 13.2 Å². The summed E-state index contributed by atoms with van der Waals surface area (Å²) in [6.07, 6.45) is 3.71. The number of carbonyl (C=O) groups excluding carboxylic acids is 1. The summed E-state index contributed by atoms with van der Waals surface area (Å²) in [7, 11) is 0.390. The Hall–Kier alpha value is -2.01. The van der Waals surface area contributed by atoms with Gasteiger partial charge in [0.15, 0.2) is 0 Å². The fourth-order valence-corrected chi connectivity index (χ4v) is 3.61. The number of rotatable bonds is 3. The number of methoxy groups -OCH3 is 1. The highest BCUT2D eigenvalue weighted by Gasteiger charge is 2.22. The molecule has 1 aliphatic rings. The molecule has 1 aromatic carbocycles. The predicted octanol–water partition coefficient (Wildman–Crippen LogP) is 2.57. The molecular weight excluding hydrogens is 252 g/mol. The van der Waals surface area contributed by atoms with Gasteiger partial charge >= 0.3 is 11.9 Å². The number of ether oxygens (including phenoxy) is 1. The zero-order chi connectivity index (χ0) is 13.1. The minimum Gasteiger partial charge on any atom is -0.478 e. The number of aromatic carboxylic acids is 1. The fraction of sp³-hybridized carbons (Fsp3) is 0.0769. The number of esters is 1. The van der Waals surface area contributed by atoms with Gasteiger partial charge in [-0.15, -0.1) is 0 Å².